The van der Waals surface area contributed by atoms with Crippen molar-refractivity contribution in [3.63, 3.8) is 0 Å². The van der Waals surface area contributed by atoms with E-state index >= 15 is 0 Å². The largest absolute Gasteiger partial charge is 0.307 e. The molecule has 2 heteroatoms. The molecule has 0 radical (unpaired) electrons. The number of hydrogen-bond donors (Lipinski definition) is 1. The van der Waals surface area contributed by atoms with Crippen LogP contribution in [-0.2, 0) is 6.54 Å². The van der Waals surface area contributed by atoms with Crippen LogP contribution in [0.5, 0.6) is 0 Å². The molecule has 0 saturated heterocycles. The van der Waals surface area contributed by atoms with Gasteiger partial charge in [0, 0.05) is 16.6 Å². The number of halogens is 1. The van der Waals surface area contributed by atoms with Gasteiger partial charge in [-0.05, 0) is 31.4 Å². The SMILES string of the molecule is CCC(C)(CC)NCc1ccccc1Br. The monoisotopic (exact) mass is 269 g/mol. The summed E-state index contributed by atoms with van der Waals surface area (Å²) in [6, 6.07) is 8.37. The van der Waals surface area contributed by atoms with Gasteiger partial charge >= 0.3 is 0 Å². The van der Waals surface area contributed by atoms with Crippen LogP contribution in [0.4, 0.5) is 0 Å². The van der Waals surface area contributed by atoms with Gasteiger partial charge in [-0.3, -0.25) is 0 Å². The van der Waals surface area contributed by atoms with Crippen LogP contribution in [-0.4, -0.2) is 5.54 Å². The van der Waals surface area contributed by atoms with Crippen LogP contribution in [0.1, 0.15) is 39.2 Å². The number of rotatable bonds is 5. The highest BCUT2D eigenvalue weighted by Crippen LogP contribution is 2.19. The standard InChI is InChI=1S/C13H20BrN/c1-4-13(3,5-2)15-10-11-8-6-7-9-12(11)14/h6-9,15H,4-5,10H2,1-3H3. The van der Waals surface area contributed by atoms with Gasteiger partial charge in [0.15, 0.2) is 0 Å². The Hall–Kier alpha value is -0.340. The highest BCUT2D eigenvalue weighted by atomic mass is 79.9. The lowest BCUT2D eigenvalue weighted by Gasteiger charge is -2.28. The predicted molar refractivity (Wildman–Crippen MR) is 70.0 cm³/mol. The Morgan fingerprint density at radius 1 is 1.20 bits per heavy atom. The molecule has 1 N–H and O–H groups in total. The first-order chi connectivity index (χ1) is 7.11. The summed E-state index contributed by atoms with van der Waals surface area (Å²) in [5.41, 5.74) is 1.58. The number of nitrogens with one attached hydrogen (secondary N) is 1. The summed E-state index contributed by atoms with van der Waals surface area (Å²) >= 11 is 3.57. The highest BCUT2D eigenvalue weighted by molar-refractivity contribution is 9.10. The van der Waals surface area contributed by atoms with Gasteiger partial charge in [-0.1, -0.05) is 48.0 Å². The summed E-state index contributed by atoms with van der Waals surface area (Å²) < 4.78 is 1.19. The molecule has 0 aliphatic heterocycles. The van der Waals surface area contributed by atoms with Crippen molar-refractivity contribution in [1.82, 2.24) is 5.32 Å². The molecule has 1 rings (SSSR count). The average Bonchev–Trinajstić information content (AvgIpc) is 2.28. The minimum absolute atomic E-state index is 0.259. The van der Waals surface area contributed by atoms with E-state index in [1.54, 1.807) is 0 Å². The molecule has 0 heterocycles. The lowest BCUT2D eigenvalue weighted by atomic mass is 9.95. The molecule has 0 spiro atoms. The summed E-state index contributed by atoms with van der Waals surface area (Å²) in [6.07, 6.45) is 2.32. The van der Waals surface area contributed by atoms with E-state index in [2.05, 4.69) is 60.2 Å². The van der Waals surface area contributed by atoms with Crippen molar-refractivity contribution in [3.05, 3.63) is 34.3 Å². The van der Waals surface area contributed by atoms with Gasteiger partial charge in [-0.15, -0.1) is 0 Å². The van der Waals surface area contributed by atoms with Gasteiger partial charge in [-0.25, -0.2) is 0 Å². The van der Waals surface area contributed by atoms with Crippen LogP contribution >= 0.6 is 15.9 Å². The smallest absolute Gasteiger partial charge is 0.0221 e. The molecular weight excluding hydrogens is 250 g/mol. The molecule has 84 valence electrons. The van der Waals surface area contributed by atoms with E-state index in [-0.39, 0.29) is 5.54 Å². The zero-order valence-electron chi connectivity index (χ0n) is 9.81. The maximum Gasteiger partial charge on any atom is 0.0221 e. The number of benzene rings is 1. The third kappa shape index (κ3) is 3.62. The Morgan fingerprint density at radius 3 is 2.33 bits per heavy atom. The third-order valence-corrected chi connectivity index (χ3v) is 4.00. The highest BCUT2D eigenvalue weighted by Gasteiger charge is 2.18. The molecule has 0 unspecified atom stereocenters. The van der Waals surface area contributed by atoms with Crippen LogP contribution in [0.25, 0.3) is 0 Å². The molecule has 0 aliphatic carbocycles. The fourth-order valence-electron chi connectivity index (χ4n) is 1.45. The maximum atomic E-state index is 3.62. The van der Waals surface area contributed by atoms with E-state index in [4.69, 9.17) is 0 Å². The summed E-state index contributed by atoms with van der Waals surface area (Å²) in [5, 5.41) is 3.62. The normalized spacial score (nSPS) is 11.7. The van der Waals surface area contributed by atoms with Gasteiger partial charge in [0.05, 0.1) is 0 Å². The first kappa shape index (κ1) is 12.7. The van der Waals surface area contributed by atoms with Gasteiger partial charge in [0.2, 0.25) is 0 Å². The van der Waals surface area contributed by atoms with Crippen molar-refractivity contribution in [2.24, 2.45) is 0 Å². The van der Waals surface area contributed by atoms with Crippen molar-refractivity contribution in [1.29, 1.82) is 0 Å². The van der Waals surface area contributed by atoms with E-state index < -0.39 is 0 Å². The predicted octanol–water partition coefficient (Wildman–Crippen LogP) is 4.12. The second-order valence-electron chi connectivity index (χ2n) is 4.21. The molecule has 0 aromatic heterocycles. The van der Waals surface area contributed by atoms with Gasteiger partial charge in [0.1, 0.15) is 0 Å². The van der Waals surface area contributed by atoms with Crippen LogP contribution < -0.4 is 5.32 Å². The summed E-state index contributed by atoms with van der Waals surface area (Å²) in [4.78, 5) is 0. The van der Waals surface area contributed by atoms with Gasteiger partial charge in [-0.2, -0.15) is 0 Å². The Bertz CT molecular complexity index is 305. The minimum atomic E-state index is 0.259. The van der Waals surface area contributed by atoms with Crippen molar-refractivity contribution in [2.45, 2.75) is 45.7 Å². The van der Waals surface area contributed by atoms with Crippen LogP contribution in [0.15, 0.2) is 28.7 Å². The molecule has 1 nitrogen and oxygen atoms in total. The summed E-state index contributed by atoms with van der Waals surface area (Å²) in [5.74, 6) is 0. The molecule has 1 aromatic carbocycles. The first-order valence-electron chi connectivity index (χ1n) is 5.59. The summed E-state index contributed by atoms with van der Waals surface area (Å²) in [7, 11) is 0. The molecule has 0 bridgehead atoms. The molecule has 0 fully saturated rings. The molecule has 0 atom stereocenters. The van der Waals surface area contributed by atoms with Crippen molar-refractivity contribution in [2.75, 3.05) is 0 Å². The molecule has 0 amide bonds. The topological polar surface area (TPSA) is 12.0 Å². The van der Waals surface area contributed by atoms with Crippen molar-refractivity contribution in [3.8, 4) is 0 Å². The Labute approximate surface area is 101 Å². The minimum Gasteiger partial charge on any atom is -0.307 e. The lowest BCUT2D eigenvalue weighted by molar-refractivity contribution is 0.329. The summed E-state index contributed by atoms with van der Waals surface area (Å²) in [6.45, 7) is 7.68. The second-order valence-corrected chi connectivity index (χ2v) is 5.07. The second kappa shape index (κ2) is 5.66. The molecular formula is C13H20BrN. The third-order valence-electron chi connectivity index (χ3n) is 3.22. The van der Waals surface area contributed by atoms with E-state index in [0.29, 0.717) is 0 Å². The molecule has 0 aliphatic rings. The zero-order chi connectivity index (χ0) is 11.3. The van der Waals surface area contributed by atoms with E-state index in [9.17, 15) is 0 Å². The zero-order valence-corrected chi connectivity index (χ0v) is 11.4. The number of hydrogen-bond acceptors (Lipinski definition) is 1. The molecule has 1 aromatic rings. The maximum absolute atomic E-state index is 3.62. The average molecular weight is 270 g/mol. The van der Waals surface area contributed by atoms with Crippen LogP contribution in [0.3, 0.4) is 0 Å². The van der Waals surface area contributed by atoms with E-state index in [1.165, 1.54) is 10.0 Å². The van der Waals surface area contributed by atoms with Gasteiger partial charge in [0.25, 0.3) is 0 Å². The van der Waals surface area contributed by atoms with Crippen molar-refractivity contribution >= 4 is 15.9 Å². The Morgan fingerprint density at radius 2 is 1.80 bits per heavy atom. The van der Waals surface area contributed by atoms with Crippen LogP contribution in [0, 0.1) is 0 Å². The van der Waals surface area contributed by atoms with Crippen LogP contribution in [0.2, 0.25) is 0 Å². The van der Waals surface area contributed by atoms with E-state index in [0.717, 1.165) is 19.4 Å². The first-order valence-corrected chi connectivity index (χ1v) is 6.39. The van der Waals surface area contributed by atoms with E-state index in [1.807, 2.05) is 6.07 Å². The quantitative estimate of drug-likeness (QED) is 0.848. The lowest BCUT2D eigenvalue weighted by Crippen LogP contribution is -2.40. The Balaban J connectivity index is 2.61. The van der Waals surface area contributed by atoms with Gasteiger partial charge < -0.3 is 5.32 Å². The fraction of sp³-hybridized carbons (Fsp3) is 0.538. The fourth-order valence-corrected chi connectivity index (χ4v) is 1.88. The molecule has 0 saturated carbocycles. The van der Waals surface area contributed by atoms with Crippen molar-refractivity contribution < 1.29 is 0 Å². The Kier molecular flexibility index (Phi) is 4.81. The molecule has 15 heavy (non-hydrogen) atoms.